The van der Waals surface area contributed by atoms with Gasteiger partial charge >= 0.3 is 42.4 Å². The molecule has 3 aromatic carbocycles. The Balaban J connectivity index is 0.000000280. The highest BCUT2D eigenvalue weighted by molar-refractivity contribution is 7.90. The van der Waals surface area contributed by atoms with Gasteiger partial charge in [-0.1, -0.05) is 29.8 Å². The van der Waals surface area contributed by atoms with Crippen molar-refractivity contribution in [1.29, 1.82) is 0 Å². The lowest BCUT2D eigenvalue weighted by Gasteiger charge is -2.14. The number of urea groups is 2. The molecule has 3 aromatic heterocycles. The number of sulfonamides is 2. The largest absolute Gasteiger partial charge is 0.481 e. The number of ether oxygens (including phenoxy) is 6. The molecule has 0 aliphatic rings. The van der Waals surface area contributed by atoms with Crippen molar-refractivity contribution in [3.8, 4) is 29.3 Å². The molecule has 0 aliphatic heterocycles. The minimum atomic E-state index is -4.61. The highest BCUT2D eigenvalue weighted by atomic mass is 35.5. The number of nitro groups is 1. The van der Waals surface area contributed by atoms with E-state index >= 15 is 0 Å². The van der Waals surface area contributed by atoms with E-state index in [1.54, 1.807) is 16.4 Å². The van der Waals surface area contributed by atoms with Gasteiger partial charge in [-0.2, -0.15) is 59.7 Å². The minimum absolute atomic E-state index is 0.0398. The van der Waals surface area contributed by atoms with Gasteiger partial charge < -0.3 is 33.3 Å². The summed E-state index contributed by atoms with van der Waals surface area (Å²) in [6, 6.07) is 12.1. The predicted molar refractivity (Wildman–Crippen MR) is 289 cm³/mol. The average Bonchev–Trinajstić information content (AvgIpc) is 3.53. The van der Waals surface area contributed by atoms with Gasteiger partial charge in [0.2, 0.25) is 23.7 Å². The molecular weight excluding hydrogens is 1240 g/mol. The fourth-order valence-electron chi connectivity index (χ4n) is 6.45. The first-order valence-electron chi connectivity index (χ1n) is 24.0. The molecule has 5 amide bonds. The van der Waals surface area contributed by atoms with Crippen LogP contribution >= 0.6 is 11.6 Å². The molecule has 29 nitrogen and oxygen atoms in total. The lowest BCUT2D eigenvalue weighted by Crippen LogP contribution is -2.36. The highest BCUT2D eigenvalue weighted by Crippen LogP contribution is 2.37. The van der Waals surface area contributed by atoms with E-state index in [2.05, 4.69) is 40.5 Å². The molecule has 0 saturated carbocycles. The predicted octanol–water partition coefficient (Wildman–Crippen LogP) is 7.46. The molecular formula is C49H49ClF6N12O17S2. The molecule has 0 saturated heterocycles. The number of aromatic nitrogens is 6. The van der Waals surface area contributed by atoms with E-state index in [4.69, 9.17) is 40.0 Å². The summed E-state index contributed by atoms with van der Waals surface area (Å²) >= 11 is 5.83. The molecule has 1 unspecified atom stereocenters. The van der Waals surface area contributed by atoms with Crippen LogP contribution in [0.4, 0.5) is 53.5 Å². The van der Waals surface area contributed by atoms with Crippen molar-refractivity contribution in [3.63, 3.8) is 0 Å². The summed E-state index contributed by atoms with van der Waals surface area (Å²) in [5.74, 6) is -3.07. The number of carbonyl (C=O) groups is 5. The third kappa shape index (κ3) is 21.1. The lowest BCUT2D eigenvalue weighted by molar-refractivity contribution is -0.385. The van der Waals surface area contributed by atoms with Crippen molar-refractivity contribution in [2.45, 2.75) is 62.0 Å². The molecule has 468 valence electrons. The Hall–Kier alpha value is -9.78. The SMILES string of the molecule is CCOC(=O)C(C)OC(=O)c1cc(Oc2ccc(C(F)(F)F)cc2Cl)ccc1[N+](=O)[O-].COc1cc(OC)nc(NC(=O)NS(=O)(=O)c2ncccc2C(=O)N(C)C)n1.COc1nc(C)nc(NC(=O)NS(=O)(=O)c2ccccc2CCC(F)(F)F)n1. The quantitative estimate of drug-likeness (QED) is 0.0264. The van der Waals surface area contributed by atoms with Gasteiger partial charge in [0.05, 0.1) is 60.0 Å². The molecule has 3 heterocycles. The third-order valence-electron chi connectivity index (χ3n) is 10.3. The van der Waals surface area contributed by atoms with E-state index in [0.717, 1.165) is 36.4 Å². The normalized spacial score (nSPS) is 11.5. The first-order valence-corrected chi connectivity index (χ1v) is 27.4. The van der Waals surface area contributed by atoms with E-state index in [9.17, 15) is 77.3 Å². The molecule has 0 bridgehead atoms. The number of alkyl halides is 6. The maximum atomic E-state index is 12.8. The number of methoxy groups -OCH3 is 3. The van der Waals surface area contributed by atoms with Crippen molar-refractivity contribution in [2.24, 2.45) is 0 Å². The van der Waals surface area contributed by atoms with Gasteiger partial charge in [0, 0.05) is 38.8 Å². The number of nitro benzene ring substituents is 1. The van der Waals surface area contributed by atoms with Crippen LogP contribution in [0, 0.1) is 17.0 Å². The smallest absolute Gasteiger partial charge is 0.416 e. The Labute approximate surface area is 494 Å². The zero-order valence-electron chi connectivity index (χ0n) is 46.3. The van der Waals surface area contributed by atoms with E-state index < -0.39 is 113 Å². The Morgan fingerprint density at radius 1 is 0.759 bits per heavy atom. The Morgan fingerprint density at radius 2 is 1.37 bits per heavy atom. The summed E-state index contributed by atoms with van der Waals surface area (Å²) in [5.41, 5.74) is -2.43. The van der Waals surface area contributed by atoms with Crippen LogP contribution in [-0.2, 0) is 46.9 Å². The number of rotatable bonds is 19. The Bertz CT molecular complexity index is 3720. The number of hydrogen-bond donors (Lipinski definition) is 4. The van der Waals surface area contributed by atoms with Crippen LogP contribution in [0.25, 0.3) is 0 Å². The van der Waals surface area contributed by atoms with Gasteiger partial charge in [0.25, 0.3) is 31.6 Å². The van der Waals surface area contributed by atoms with Crippen LogP contribution in [0.15, 0.2) is 95.0 Å². The van der Waals surface area contributed by atoms with Gasteiger partial charge in [-0.25, -0.2) is 42.0 Å². The first-order chi connectivity index (χ1) is 40.6. The molecule has 0 aliphatic carbocycles. The summed E-state index contributed by atoms with van der Waals surface area (Å²) in [6.45, 7) is 4.31. The summed E-state index contributed by atoms with van der Waals surface area (Å²) in [4.78, 5) is 94.2. The van der Waals surface area contributed by atoms with Crippen LogP contribution in [-0.4, -0.2) is 141 Å². The molecule has 0 radical (unpaired) electrons. The second kappa shape index (κ2) is 30.3. The summed E-state index contributed by atoms with van der Waals surface area (Å²) < 4.78 is 159. The second-order valence-electron chi connectivity index (χ2n) is 16.8. The number of halogens is 7. The standard InChI is InChI=1S/C19H15ClF3NO7.C15H16F3N5O4S.C15H18N6O6S/c1-3-29-17(25)10(2)30-18(26)13-9-12(5-6-15(13)24(27)28)31-16-7-4-11(8-14(16)20)19(21,22)23;1-9-19-12(22-14(20-9)27-2)21-13(24)23-28(25,26)11-6-4-3-5-10(11)7-8-15(16,17)18;1-21(2)13(22)9-6-5-7-16-12(9)28(24,25)20-15(23)19-14-17-10(26-3)8-11(18-14)27-4/h4-10H,3H2,1-2H3;3-6H,7-8H2,1-2H3,(H2,19,20,21,22,23,24);5-8H,1-4H3,(H2,17,18,19,20,23). The van der Waals surface area contributed by atoms with Crippen LogP contribution in [0.2, 0.25) is 5.02 Å². The summed E-state index contributed by atoms with van der Waals surface area (Å²) in [6.07, 6.45) is -10.9. The molecule has 0 spiro atoms. The average molecular weight is 1290 g/mol. The number of nitrogens with zero attached hydrogens (tertiary/aromatic N) is 8. The fourth-order valence-corrected chi connectivity index (χ4v) is 8.89. The van der Waals surface area contributed by atoms with E-state index in [-0.39, 0.29) is 69.7 Å². The number of esters is 2. The molecule has 87 heavy (non-hydrogen) atoms. The summed E-state index contributed by atoms with van der Waals surface area (Å²) in [5, 5.41) is 14.5. The minimum Gasteiger partial charge on any atom is -0.481 e. The van der Waals surface area contributed by atoms with Gasteiger partial charge in [-0.15, -0.1) is 0 Å². The molecule has 38 heteroatoms. The van der Waals surface area contributed by atoms with Crippen molar-refractivity contribution in [2.75, 3.05) is 52.7 Å². The molecule has 6 rings (SSSR count). The van der Waals surface area contributed by atoms with Crippen molar-refractivity contribution in [1.82, 2.24) is 44.2 Å². The fraction of sp³-hybridized carbons (Fsp3) is 0.286. The molecule has 1 atom stereocenters. The number of nitrogens with one attached hydrogen (secondary N) is 4. The van der Waals surface area contributed by atoms with Crippen LogP contribution in [0.5, 0.6) is 29.3 Å². The number of hydrogen-bond acceptors (Lipinski definition) is 23. The topological polar surface area (TPSA) is 381 Å². The Morgan fingerprint density at radius 3 is 1.92 bits per heavy atom. The number of benzene rings is 3. The third-order valence-corrected chi connectivity index (χ3v) is 13.3. The van der Waals surface area contributed by atoms with Crippen molar-refractivity contribution in [3.05, 3.63) is 128 Å². The molecule has 0 fully saturated rings. The van der Waals surface area contributed by atoms with E-state index in [1.165, 1.54) is 96.8 Å². The summed E-state index contributed by atoms with van der Waals surface area (Å²) in [7, 11) is -1.99. The monoisotopic (exact) mass is 1290 g/mol. The Kier molecular flexibility index (Phi) is 24.3. The second-order valence-corrected chi connectivity index (χ2v) is 20.5. The zero-order valence-corrected chi connectivity index (χ0v) is 48.7. The number of anilines is 2. The maximum Gasteiger partial charge on any atom is 0.416 e. The zero-order chi connectivity index (χ0) is 65.2. The molecule has 4 N–H and O–H groups in total. The van der Waals surface area contributed by atoms with Crippen LogP contribution in [0.1, 0.15) is 57.9 Å². The van der Waals surface area contributed by atoms with E-state index in [0.29, 0.717) is 6.07 Å². The van der Waals surface area contributed by atoms with Crippen LogP contribution in [0.3, 0.4) is 0 Å². The lowest BCUT2D eigenvalue weighted by atomic mass is 10.1. The van der Waals surface area contributed by atoms with Crippen molar-refractivity contribution >= 4 is 79.1 Å². The van der Waals surface area contributed by atoms with Crippen LogP contribution < -0.4 is 39.0 Å². The number of carbonyl (C=O) groups excluding carboxylic acids is 5. The first kappa shape index (κ1) is 69.7. The van der Waals surface area contributed by atoms with Gasteiger partial charge in [0.1, 0.15) is 22.9 Å². The van der Waals surface area contributed by atoms with E-state index in [1.807, 2.05) is 0 Å². The molecule has 6 aromatic rings. The van der Waals surface area contributed by atoms with Gasteiger partial charge in [-0.3, -0.25) is 25.5 Å². The highest BCUT2D eigenvalue weighted by Gasteiger charge is 2.33. The van der Waals surface area contributed by atoms with Gasteiger partial charge in [-0.05, 0) is 75.2 Å². The number of amides is 5. The van der Waals surface area contributed by atoms with Crippen molar-refractivity contribution < 1.29 is 100 Å². The number of aryl methyl sites for hydroxylation is 2. The maximum absolute atomic E-state index is 12.8. The number of pyridine rings is 1. The van der Waals surface area contributed by atoms with Gasteiger partial charge in [0.15, 0.2) is 11.1 Å².